The molecule has 0 radical (unpaired) electrons. The zero-order chi connectivity index (χ0) is 15.6. The number of nitrogens with one attached hydrogen (secondary N) is 1. The molecule has 21 heavy (non-hydrogen) atoms. The smallest absolute Gasteiger partial charge is 0.339 e. The Labute approximate surface area is 125 Å². The van der Waals surface area contributed by atoms with Crippen molar-refractivity contribution in [1.29, 1.82) is 0 Å². The lowest BCUT2D eigenvalue weighted by atomic mass is 10.1. The normalized spacial score (nSPS) is 10.2. The van der Waals surface area contributed by atoms with Gasteiger partial charge in [-0.25, -0.2) is 4.79 Å². The second-order valence-electron chi connectivity index (χ2n) is 4.40. The van der Waals surface area contributed by atoms with Gasteiger partial charge in [-0.15, -0.1) is 0 Å². The summed E-state index contributed by atoms with van der Waals surface area (Å²) in [5.74, 6) is -2.04. The van der Waals surface area contributed by atoms with E-state index in [0.717, 1.165) is 0 Å². The largest absolute Gasteiger partial charge is 0.507 e. The first-order valence-electron chi connectivity index (χ1n) is 6.03. The summed E-state index contributed by atoms with van der Waals surface area (Å²) in [7, 11) is 0. The van der Waals surface area contributed by atoms with Crippen LogP contribution in [0, 0.1) is 6.92 Å². The molecule has 0 saturated carbocycles. The standard InChI is InChI=1S/C15H12ClNO4/c1-8-10(3-2-4-12(8)16)14(19)17-9-5-6-11(15(20)21)13(18)7-9/h2-7,18H,1H3,(H,17,19)(H,20,21). The van der Waals surface area contributed by atoms with E-state index in [1.807, 2.05) is 0 Å². The molecule has 5 nitrogen and oxygen atoms in total. The highest BCUT2D eigenvalue weighted by molar-refractivity contribution is 6.32. The van der Waals surface area contributed by atoms with Gasteiger partial charge in [0.2, 0.25) is 0 Å². The fraction of sp³-hybridized carbons (Fsp3) is 0.0667. The summed E-state index contributed by atoms with van der Waals surface area (Å²) < 4.78 is 0. The summed E-state index contributed by atoms with van der Waals surface area (Å²) >= 11 is 5.96. The van der Waals surface area contributed by atoms with Crippen LogP contribution in [0.4, 0.5) is 5.69 Å². The SMILES string of the molecule is Cc1c(Cl)cccc1C(=O)Nc1ccc(C(=O)O)c(O)c1. The Morgan fingerprint density at radius 3 is 2.48 bits per heavy atom. The molecule has 108 valence electrons. The first kappa shape index (κ1) is 14.9. The number of aromatic carboxylic acids is 1. The van der Waals surface area contributed by atoms with Crippen molar-refractivity contribution in [3.63, 3.8) is 0 Å². The highest BCUT2D eigenvalue weighted by Crippen LogP contribution is 2.24. The van der Waals surface area contributed by atoms with Gasteiger partial charge in [0, 0.05) is 22.3 Å². The Balaban J connectivity index is 2.26. The van der Waals surface area contributed by atoms with Crippen molar-refractivity contribution < 1.29 is 19.8 Å². The van der Waals surface area contributed by atoms with Crippen LogP contribution in [-0.4, -0.2) is 22.1 Å². The summed E-state index contributed by atoms with van der Waals surface area (Å²) in [6, 6.07) is 8.78. The lowest BCUT2D eigenvalue weighted by Gasteiger charge is -2.09. The molecule has 2 aromatic rings. The molecule has 0 bridgehead atoms. The van der Waals surface area contributed by atoms with Crippen LogP contribution in [0.3, 0.4) is 0 Å². The van der Waals surface area contributed by atoms with E-state index in [1.165, 1.54) is 18.2 Å². The summed E-state index contributed by atoms with van der Waals surface area (Å²) in [5.41, 5.74) is 1.11. The van der Waals surface area contributed by atoms with Gasteiger partial charge in [0.05, 0.1) is 0 Å². The van der Waals surface area contributed by atoms with Gasteiger partial charge in [0.25, 0.3) is 5.91 Å². The number of carbonyl (C=O) groups excluding carboxylic acids is 1. The topological polar surface area (TPSA) is 86.6 Å². The molecule has 0 heterocycles. The monoisotopic (exact) mass is 305 g/mol. The van der Waals surface area contributed by atoms with Gasteiger partial charge in [-0.2, -0.15) is 0 Å². The maximum atomic E-state index is 12.1. The summed E-state index contributed by atoms with van der Waals surface area (Å²) in [5, 5.41) is 21.5. The number of aromatic hydroxyl groups is 1. The van der Waals surface area contributed by atoms with Gasteiger partial charge >= 0.3 is 5.97 Å². The fourth-order valence-corrected chi connectivity index (χ4v) is 2.02. The van der Waals surface area contributed by atoms with E-state index < -0.39 is 17.6 Å². The number of carbonyl (C=O) groups is 2. The van der Waals surface area contributed by atoms with Crippen LogP contribution in [0.15, 0.2) is 36.4 Å². The van der Waals surface area contributed by atoms with Crippen LogP contribution < -0.4 is 5.32 Å². The van der Waals surface area contributed by atoms with Crippen molar-refractivity contribution in [3.05, 3.63) is 58.1 Å². The second-order valence-corrected chi connectivity index (χ2v) is 4.81. The first-order valence-corrected chi connectivity index (χ1v) is 6.40. The minimum absolute atomic E-state index is 0.230. The predicted molar refractivity (Wildman–Crippen MR) is 79.2 cm³/mol. The molecule has 0 fully saturated rings. The van der Waals surface area contributed by atoms with Crippen molar-refractivity contribution in [2.75, 3.05) is 5.32 Å². The maximum Gasteiger partial charge on any atom is 0.339 e. The zero-order valence-corrected chi connectivity index (χ0v) is 11.8. The third-order valence-electron chi connectivity index (χ3n) is 3.00. The Kier molecular flexibility index (Phi) is 4.14. The zero-order valence-electron chi connectivity index (χ0n) is 11.1. The number of amides is 1. The number of anilines is 1. The van der Waals surface area contributed by atoms with E-state index >= 15 is 0 Å². The average Bonchev–Trinajstić information content (AvgIpc) is 2.41. The average molecular weight is 306 g/mol. The van der Waals surface area contributed by atoms with E-state index in [9.17, 15) is 14.7 Å². The van der Waals surface area contributed by atoms with Crippen molar-refractivity contribution in [3.8, 4) is 5.75 Å². The van der Waals surface area contributed by atoms with Gasteiger partial charge in [-0.1, -0.05) is 17.7 Å². The molecule has 0 aliphatic carbocycles. The summed E-state index contributed by atoms with van der Waals surface area (Å²) in [4.78, 5) is 22.9. The van der Waals surface area contributed by atoms with Gasteiger partial charge < -0.3 is 15.5 Å². The van der Waals surface area contributed by atoms with Crippen LogP contribution in [0.1, 0.15) is 26.3 Å². The first-order chi connectivity index (χ1) is 9.90. The molecule has 1 amide bonds. The number of hydrogen-bond donors (Lipinski definition) is 3. The number of rotatable bonds is 3. The number of carboxylic acid groups (broad SMARTS) is 1. The van der Waals surface area contributed by atoms with E-state index in [1.54, 1.807) is 25.1 Å². The Morgan fingerprint density at radius 2 is 1.86 bits per heavy atom. The summed E-state index contributed by atoms with van der Waals surface area (Å²) in [6.07, 6.45) is 0. The van der Waals surface area contributed by atoms with Crippen molar-refractivity contribution in [1.82, 2.24) is 0 Å². The van der Waals surface area contributed by atoms with Crippen molar-refractivity contribution in [2.45, 2.75) is 6.92 Å². The number of carboxylic acids is 1. The molecule has 2 aromatic carbocycles. The van der Waals surface area contributed by atoms with Crippen molar-refractivity contribution in [2.24, 2.45) is 0 Å². The number of halogens is 1. The molecule has 0 unspecified atom stereocenters. The fourth-order valence-electron chi connectivity index (χ4n) is 1.84. The minimum atomic E-state index is -1.24. The van der Waals surface area contributed by atoms with Gasteiger partial charge in [-0.05, 0) is 36.8 Å². The molecule has 6 heteroatoms. The molecular weight excluding hydrogens is 294 g/mol. The third-order valence-corrected chi connectivity index (χ3v) is 3.41. The highest BCUT2D eigenvalue weighted by Gasteiger charge is 2.13. The molecular formula is C15H12ClNO4. The van der Waals surface area contributed by atoms with Crippen molar-refractivity contribution >= 4 is 29.2 Å². The van der Waals surface area contributed by atoms with E-state index in [2.05, 4.69) is 5.32 Å². The quantitative estimate of drug-likeness (QED) is 0.812. The maximum absolute atomic E-state index is 12.1. The van der Waals surface area contributed by atoms with Gasteiger partial charge in [0.1, 0.15) is 11.3 Å². The number of phenols is 1. The molecule has 0 spiro atoms. The lowest BCUT2D eigenvalue weighted by Crippen LogP contribution is -2.13. The van der Waals surface area contributed by atoms with E-state index in [4.69, 9.17) is 16.7 Å². The third kappa shape index (κ3) is 3.14. The molecule has 2 rings (SSSR count). The van der Waals surface area contributed by atoms with Crippen LogP contribution in [0.25, 0.3) is 0 Å². The van der Waals surface area contributed by atoms with E-state index in [-0.39, 0.29) is 5.56 Å². The van der Waals surface area contributed by atoms with Crippen LogP contribution >= 0.6 is 11.6 Å². The van der Waals surface area contributed by atoms with Gasteiger partial charge in [-0.3, -0.25) is 4.79 Å². The number of hydrogen-bond acceptors (Lipinski definition) is 3. The van der Waals surface area contributed by atoms with E-state index in [0.29, 0.717) is 21.8 Å². The van der Waals surface area contributed by atoms with Crippen LogP contribution in [-0.2, 0) is 0 Å². The molecule has 0 aromatic heterocycles. The Morgan fingerprint density at radius 1 is 1.14 bits per heavy atom. The summed E-state index contributed by atoms with van der Waals surface area (Å²) in [6.45, 7) is 1.72. The molecule has 0 aliphatic rings. The Hall–Kier alpha value is -2.53. The lowest BCUT2D eigenvalue weighted by molar-refractivity contribution is 0.0693. The van der Waals surface area contributed by atoms with Crippen LogP contribution in [0.2, 0.25) is 5.02 Å². The highest BCUT2D eigenvalue weighted by atomic mass is 35.5. The second kappa shape index (κ2) is 5.85. The van der Waals surface area contributed by atoms with Crippen LogP contribution in [0.5, 0.6) is 5.75 Å². The predicted octanol–water partition coefficient (Wildman–Crippen LogP) is 3.30. The molecule has 3 N–H and O–H groups in total. The van der Waals surface area contributed by atoms with Gasteiger partial charge in [0.15, 0.2) is 0 Å². The number of benzene rings is 2. The minimum Gasteiger partial charge on any atom is -0.507 e. The molecule has 0 aliphatic heterocycles. The molecule has 0 saturated heterocycles. The molecule has 0 atom stereocenters. The Bertz CT molecular complexity index is 728.